The van der Waals surface area contributed by atoms with Gasteiger partial charge < -0.3 is 10.3 Å². The second-order valence-electron chi connectivity index (χ2n) is 6.60. The number of halogens is 1. The van der Waals surface area contributed by atoms with Gasteiger partial charge in [0.25, 0.3) is 5.56 Å². The van der Waals surface area contributed by atoms with Gasteiger partial charge in [0, 0.05) is 0 Å². The van der Waals surface area contributed by atoms with E-state index in [1.165, 1.54) is 0 Å². The summed E-state index contributed by atoms with van der Waals surface area (Å²) in [4.78, 5) is 33.4. The molecule has 2 heterocycles. The highest BCUT2D eigenvalue weighted by atomic mass is 35.5. The first-order valence-corrected chi connectivity index (χ1v) is 10.9. The predicted octanol–water partition coefficient (Wildman–Crippen LogP) is 0.266. The van der Waals surface area contributed by atoms with E-state index in [1.54, 1.807) is 23.1 Å². The van der Waals surface area contributed by atoms with Crippen LogP contribution >= 0.6 is 11.6 Å². The third kappa shape index (κ3) is 4.85. The number of alkyl halides is 1. The average Bonchev–Trinajstić information content (AvgIpc) is 2.85. The number of hydrogen-bond donors (Lipinski definition) is 2. The molecule has 1 aromatic carbocycles. The minimum Gasteiger partial charge on any atom is -0.350 e. The zero-order valence-corrected chi connectivity index (χ0v) is 16.4. The number of amides is 1. The molecule has 2 atom stereocenters. The Morgan fingerprint density at radius 1 is 1.37 bits per heavy atom. The number of sulfone groups is 1. The highest BCUT2D eigenvalue weighted by Crippen LogP contribution is 2.18. The molecule has 8 nitrogen and oxygen atoms in total. The molecule has 0 aliphatic carbocycles. The third-order valence-electron chi connectivity index (χ3n) is 4.48. The van der Waals surface area contributed by atoms with Crippen molar-refractivity contribution in [2.24, 2.45) is 0 Å². The topological polar surface area (TPSA) is 112 Å². The maximum Gasteiger partial charge on any atom is 0.258 e. The molecule has 1 aliphatic rings. The molecular weight excluding hydrogens is 392 g/mol. The molecule has 1 fully saturated rings. The van der Waals surface area contributed by atoms with Crippen LogP contribution in [0.25, 0.3) is 10.9 Å². The molecule has 27 heavy (non-hydrogen) atoms. The van der Waals surface area contributed by atoms with Crippen LogP contribution in [-0.2, 0) is 21.2 Å². The standard InChI is InChI=1S/C17H21ClN4O4S/c1-2-22(8-16(23)20-14-10-27(25,26)9-12(14)18)7-15-19-13-6-4-3-5-11(13)17(24)21-15/h3-6,12,14H,2,7-10H2,1H3,(H,20,23)(H,19,21,24)/t12-,14-/m0/s1. The second kappa shape index (κ2) is 7.95. The second-order valence-corrected chi connectivity index (χ2v) is 9.31. The number of likely N-dealkylation sites (N-methyl/N-ethyl adjacent to an activating group) is 1. The van der Waals surface area contributed by atoms with E-state index in [2.05, 4.69) is 15.3 Å². The summed E-state index contributed by atoms with van der Waals surface area (Å²) in [5, 5.41) is 2.59. The summed E-state index contributed by atoms with van der Waals surface area (Å²) in [6.07, 6.45) is 0. The van der Waals surface area contributed by atoms with Crippen molar-refractivity contribution in [2.75, 3.05) is 24.6 Å². The van der Waals surface area contributed by atoms with E-state index in [4.69, 9.17) is 11.6 Å². The highest BCUT2D eigenvalue weighted by Gasteiger charge is 2.37. The Hall–Kier alpha value is -1.97. The minimum atomic E-state index is -3.21. The van der Waals surface area contributed by atoms with E-state index >= 15 is 0 Å². The number of benzene rings is 1. The van der Waals surface area contributed by atoms with Gasteiger partial charge in [-0.25, -0.2) is 13.4 Å². The molecule has 10 heteroatoms. The molecule has 0 spiro atoms. The first-order valence-electron chi connectivity index (χ1n) is 8.61. The largest absolute Gasteiger partial charge is 0.350 e. The fourth-order valence-corrected chi connectivity index (χ4v) is 5.64. The van der Waals surface area contributed by atoms with Crippen LogP contribution in [0, 0.1) is 0 Å². The van der Waals surface area contributed by atoms with Crippen LogP contribution in [0.1, 0.15) is 12.7 Å². The van der Waals surface area contributed by atoms with E-state index in [1.807, 2.05) is 13.0 Å². The Kier molecular flexibility index (Phi) is 5.83. The lowest BCUT2D eigenvalue weighted by Gasteiger charge is -2.21. The van der Waals surface area contributed by atoms with Crippen LogP contribution in [0.4, 0.5) is 0 Å². The predicted molar refractivity (Wildman–Crippen MR) is 104 cm³/mol. The number of nitrogens with one attached hydrogen (secondary N) is 2. The van der Waals surface area contributed by atoms with Gasteiger partial charge in [0.15, 0.2) is 9.84 Å². The molecule has 2 aromatic rings. The van der Waals surface area contributed by atoms with Gasteiger partial charge in [-0.15, -0.1) is 11.6 Å². The first-order chi connectivity index (χ1) is 12.8. The third-order valence-corrected chi connectivity index (χ3v) is 6.85. The lowest BCUT2D eigenvalue weighted by Crippen LogP contribution is -2.45. The van der Waals surface area contributed by atoms with E-state index in [0.717, 1.165) is 0 Å². The first kappa shape index (κ1) is 19.8. The van der Waals surface area contributed by atoms with Crippen molar-refractivity contribution in [3.63, 3.8) is 0 Å². The highest BCUT2D eigenvalue weighted by molar-refractivity contribution is 7.91. The van der Waals surface area contributed by atoms with Crippen LogP contribution in [-0.4, -0.2) is 65.2 Å². The number of nitrogens with zero attached hydrogens (tertiary/aromatic N) is 2. The van der Waals surface area contributed by atoms with E-state index in [0.29, 0.717) is 23.3 Å². The number of fused-ring (bicyclic) bond motifs is 1. The molecule has 1 amide bonds. The molecule has 146 valence electrons. The van der Waals surface area contributed by atoms with Crippen molar-refractivity contribution in [3.8, 4) is 0 Å². The lowest BCUT2D eigenvalue weighted by atomic mass is 10.2. The van der Waals surface area contributed by atoms with Gasteiger partial charge in [-0.1, -0.05) is 19.1 Å². The molecule has 0 radical (unpaired) electrons. The smallest absolute Gasteiger partial charge is 0.258 e. The fourth-order valence-electron chi connectivity index (χ4n) is 3.09. The van der Waals surface area contributed by atoms with Crippen molar-refractivity contribution >= 4 is 38.2 Å². The number of carbonyl (C=O) groups excluding carboxylic acids is 1. The van der Waals surface area contributed by atoms with E-state index in [9.17, 15) is 18.0 Å². The Balaban J connectivity index is 1.65. The summed E-state index contributed by atoms with van der Waals surface area (Å²) in [6, 6.07) is 6.46. The van der Waals surface area contributed by atoms with Crippen molar-refractivity contribution < 1.29 is 13.2 Å². The quantitative estimate of drug-likeness (QED) is 0.658. The Bertz CT molecular complexity index is 1010. The molecule has 0 unspecified atom stereocenters. The molecule has 3 rings (SSSR count). The number of H-pyrrole nitrogens is 1. The van der Waals surface area contributed by atoms with Gasteiger partial charge in [-0.3, -0.25) is 14.5 Å². The van der Waals surface area contributed by atoms with Crippen LogP contribution in [0.3, 0.4) is 0 Å². The summed E-state index contributed by atoms with van der Waals surface area (Å²) in [6.45, 7) is 2.78. The van der Waals surface area contributed by atoms with Gasteiger partial charge in [0.05, 0.1) is 46.9 Å². The summed E-state index contributed by atoms with van der Waals surface area (Å²) in [5.74, 6) is -0.114. The maximum atomic E-state index is 12.3. The van der Waals surface area contributed by atoms with Gasteiger partial charge in [0.1, 0.15) is 5.82 Å². The fraction of sp³-hybridized carbons (Fsp3) is 0.471. The summed E-state index contributed by atoms with van der Waals surface area (Å²) >= 11 is 6.02. The summed E-state index contributed by atoms with van der Waals surface area (Å²) in [7, 11) is -3.21. The molecule has 1 aliphatic heterocycles. The molecule has 2 N–H and O–H groups in total. The van der Waals surface area contributed by atoms with Crippen LogP contribution < -0.4 is 10.9 Å². The van der Waals surface area contributed by atoms with Crippen LogP contribution in [0.5, 0.6) is 0 Å². The SMILES string of the molecule is CCN(CC(=O)N[C@H]1CS(=O)(=O)C[C@@H]1Cl)Cc1nc2ccccc2c(=O)[nH]1. The maximum absolute atomic E-state index is 12.3. The Morgan fingerprint density at radius 2 is 2.11 bits per heavy atom. The molecule has 1 aromatic heterocycles. The number of rotatable bonds is 6. The number of para-hydroxylation sites is 1. The van der Waals surface area contributed by atoms with Crippen LogP contribution in [0.2, 0.25) is 0 Å². The van der Waals surface area contributed by atoms with Gasteiger partial charge in [-0.05, 0) is 18.7 Å². The Labute approximate surface area is 161 Å². The average molecular weight is 413 g/mol. The van der Waals surface area contributed by atoms with Crippen molar-refractivity contribution in [2.45, 2.75) is 24.9 Å². The summed E-state index contributed by atoms with van der Waals surface area (Å²) in [5.41, 5.74) is 0.371. The van der Waals surface area contributed by atoms with Crippen molar-refractivity contribution in [1.29, 1.82) is 0 Å². The van der Waals surface area contributed by atoms with Gasteiger partial charge in [-0.2, -0.15) is 0 Å². The zero-order chi connectivity index (χ0) is 19.6. The number of aromatic amines is 1. The molecular formula is C17H21ClN4O4S. The Morgan fingerprint density at radius 3 is 2.78 bits per heavy atom. The zero-order valence-electron chi connectivity index (χ0n) is 14.8. The lowest BCUT2D eigenvalue weighted by molar-refractivity contribution is -0.122. The molecule has 0 saturated carbocycles. The van der Waals surface area contributed by atoms with Crippen molar-refractivity contribution in [1.82, 2.24) is 20.2 Å². The van der Waals surface area contributed by atoms with E-state index in [-0.39, 0.29) is 36.1 Å². The number of hydrogen-bond acceptors (Lipinski definition) is 6. The van der Waals surface area contributed by atoms with Gasteiger partial charge >= 0.3 is 0 Å². The van der Waals surface area contributed by atoms with Gasteiger partial charge in [0.2, 0.25) is 5.91 Å². The normalized spacial score (nSPS) is 21.6. The minimum absolute atomic E-state index is 0.0488. The van der Waals surface area contributed by atoms with Crippen molar-refractivity contribution in [3.05, 3.63) is 40.4 Å². The molecule has 1 saturated heterocycles. The van der Waals surface area contributed by atoms with Crippen LogP contribution in [0.15, 0.2) is 29.1 Å². The number of carbonyl (C=O) groups is 1. The summed E-state index contributed by atoms with van der Waals surface area (Å²) < 4.78 is 23.2. The molecule has 0 bridgehead atoms. The van der Waals surface area contributed by atoms with E-state index < -0.39 is 21.3 Å². The monoisotopic (exact) mass is 412 g/mol. The number of aromatic nitrogens is 2.